The Morgan fingerprint density at radius 3 is 2.56 bits per heavy atom. The van der Waals surface area contributed by atoms with Gasteiger partial charge in [-0.05, 0) is 11.3 Å². The summed E-state index contributed by atoms with van der Waals surface area (Å²) in [7, 11) is 0. The molecule has 1 aliphatic rings. The highest BCUT2D eigenvalue weighted by Crippen LogP contribution is 2.65. The van der Waals surface area contributed by atoms with Crippen molar-refractivity contribution in [3.05, 3.63) is 36.2 Å². The molecule has 0 N–H and O–H groups in total. The molecule has 1 aliphatic carbocycles. The Balaban J connectivity index is 1.88. The fourth-order valence-electron chi connectivity index (χ4n) is 3.06. The van der Waals surface area contributed by atoms with Crippen molar-refractivity contribution in [1.29, 1.82) is 0 Å². The molecule has 18 heavy (non-hydrogen) atoms. The summed E-state index contributed by atoms with van der Waals surface area (Å²) >= 11 is 0. The minimum absolute atomic E-state index is 0.301. The van der Waals surface area contributed by atoms with E-state index >= 15 is 0 Å². The Hall–Kier alpha value is -1.64. The van der Waals surface area contributed by atoms with Crippen LogP contribution in [0.1, 0.15) is 39.0 Å². The predicted octanol–water partition coefficient (Wildman–Crippen LogP) is 3.89. The molecule has 1 aromatic carbocycles. The van der Waals surface area contributed by atoms with E-state index < -0.39 is 0 Å². The molecule has 0 radical (unpaired) electrons. The van der Waals surface area contributed by atoms with E-state index in [0.717, 1.165) is 11.5 Å². The van der Waals surface area contributed by atoms with E-state index in [1.165, 1.54) is 6.42 Å². The van der Waals surface area contributed by atoms with Crippen LogP contribution in [0.3, 0.4) is 0 Å². The zero-order chi connectivity index (χ0) is 12.8. The number of aromatic nitrogens is 2. The molecule has 3 rings (SSSR count). The first-order valence-corrected chi connectivity index (χ1v) is 6.53. The number of hydrogen-bond acceptors (Lipinski definition) is 3. The van der Waals surface area contributed by atoms with Crippen molar-refractivity contribution in [2.75, 3.05) is 0 Å². The van der Waals surface area contributed by atoms with Crippen LogP contribution >= 0.6 is 0 Å². The van der Waals surface area contributed by atoms with E-state index in [0.29, 0.717) is 23.1 Å². The average Bonchev–Trinajstić information content (AvgIpc) is 2.77. The van der Waals surface area contributed by atoms with Crippen molar-refractivity contribution in [3.63, 3.8) is 0 Å². The number of hydrogen-bond donors (Lipinski definition) is 0. The van der Waals surface area contributed by atoms with Gasteiger partial charge >= 0.3 is 0 Å². The Kier molecular flexibility index (Phi) is 2.51. The van der Waals surface area contributed by atoms with Gasteiger partial charge in [-0.3, -0.25) is 0 Å². The van der Waals surface area contributed by atoms with E-state index in [2.05, 4.69) is 30.9 Å². The van der Waals surface area contributed by atoms with Crippen LogP contribution in [0, 0.1) is 11.3 Å². The zero-order valence-corrected chi connectivity index (χ0v) is 11.1. The highest BCUT2D eigenvalue weighted by Gasteiger charge is 2.60. The molecule has 0 bridgehead atoms. The first-order chi connectivity index (χ1) is 8.64. The van der Waals surface area contributed by atoms with Gasteiger partial charge in [-0.1, -0.05) is 62.7 Å². The maximum Gasteiger partial charge on any atom is 0.230 e. The lowest BCUT2D eigenvalue weighted by atomic mass is 10.1. The monoisotopic (exact) mass is 242 g/mol. The number of benzene rings is 1. The maximum absolute atomic E-state index is 5.45. The molecule has 2 unspecified atom stereocenters. The molecule has 1 aromatic heterocycles. The van der Waals surface area contributed by atoms with Crippen molar-refractivity contribution < 1.29 is 4.52 Å². The normalized spacial score (nSPS) is 25.1. The van der Waals surface area contributed by atoms with Gasteiger partial charge in [-0.15, -0.1) is 0 Å². The SMILES string of the molecule is CCC1C(c2nc(-c3ccccc3)no2)C1(C)C. The third-order valence-electron chi connectivity index (χ3n) is 4.23. The quantitative estimate of drug-likeness (QED) is 0.819. The average molecular weight is 242 g/mol. The molecule has 1 fully saturated rings. The number of rotatable bonds is 3. The zero-order valence-electron chi connectivity index (χ0n) is 11.1. The van der Waals surface area contributed by atoms with Gasteiger partial charge in [0, 0.05) is 11.5 Å². The fraction of sp³-hybridized carbons (Fsp3) is 0.467. The first kappa shape index (κ1) is 11.5. The molecular formula is C15H18N2O. The summed E-state index contributed by atoms with van der Waals surface area (Å²) in [6.45, 7) is 6.78. The van der Waals surface area contributed by atoms with Crippen molar-refractivity contribution >= 4 is 0 Å². The molecule has 2 aromatic rings. The van der Waals surface area contributed by atoms with E-state index in [9.17, 15) is 0 Å². The molecule has 0 saturated heterocycles. The van der Waals surface area contributed by atoms with Gasteiger partial charge < -0.3 is 4.52 Å². The Morgan fingerprint density at radius 2 is 1.94 bits per heavy atom. The van der Waals surface area contributed by atoms with E-state index in [1.54, 1.807) is 0 Å². The highest BCUT2D eigenvalue weighted by molar-refractivity contribution is 5.53. The van der Waals surface area contributed by atoms with Crippen LogP contribution < -0.4 is 0 Å². The summed E-state index contributed by atoms with van der Waals surface area (Å²) in [5, 5.41) is 4.10. The molecule has 0 spiro atoms. The summed E-state index contributed by atoms with van der Waals surface area (Å²) in [4.78, 5) is 4.56. The number of nitrogens with zero attached hydrogens (tertiary/aromatic N) is 2. The summed E-state index contributed by atoms with van der Waals surface area (Å²) in [6, 6.07) is 9.97. The van der Waals surface area contributed by atoms with Crippen LogP contribution in [0.2, 0.25) is 0 Å². The van der Waals surface area contributed by atoms with Crippen molar-refractivity contribution in [2.45, 2.75) is 33.1 Å². The van der Waals surface area contributed by atoms with E-state index in [-0.39, 0.29) is 0 Å². The van der Waals surface area contributed by atoms with Gasteiger partial charge in [-0.2, -0.15) is 4.98 Å². The third kappa shape index (κ3) is 1.65. The largest absolute Gasteiger partial charge is 0.339 e. The topological polar surface area (TPSA) is 38.9 Å². The second-order valence-electron chi connectivity index (χ2n) is 5.64. The summed E-state index contributed by atoms with van der Waals surface area (Å²) < 4.78 is 5.45. The van der Waals surface area contributed by atoms with E-state index in [1.807, 2.05) is 30.3 Å². The van der Waals surface area contributed by atoms with Crippen LogP contribution in [0.15, 0.2) is 34.9 Å². The van der Waals surface area contributed by atoms with Gasteiger partial charge in [-0.25, -0.2) is 0 Å². The van der Waals surface area contributed by atoms with Gasteiger partial charge in [0.1, 0.15) is 0 Å². The maximum atomic E-state index is 5.45. The van der Waals surface area contributed by atoms with Gasteiger partial charge in [0.15, 0.2) is 0 Å². The van der Waals surface area contributed by atoms with E-state index in [4.69, 9.17) is 4.52 Å². The van der Waals surface area contributed by atoms with Crippen LogP contribution in [0.25, 0.3) is 11.4 Å². The standard InChI is InChI=1S/C15H18N2O/c1-4-11-12(15(11,2)3)14-16-13(17-18-14)10-8-6-5-7-9-10/h5-9,11-12H,4H2,1-3H3. The van der Waals surface area contributed by atoms with Crippen molar-refractivity contribution in [2.24, 2.45) is 11.3 Å². The van der Waals surface area contributed by atoms with Crippen LogP contribution in [0.4, 0.5) is 0 Å². The highest BCUT2D eigenvalue weighted by atomic mass is 16.5. The second-order valence-corrected chi connectivity index (χ2v) is 5.64. The lowest BCUT2D eigenvalue weighted by Crippen LogP contribution is -1.90. The summed E-state index contributed by atoms with van der Waals surface area (Å²) in [6.07, 6.45) is 1.17. The molecule has 2 atom stereocenters. The van der Waals surface area contributed by atoms with Gasteiger partial charge in [0.05, 0.1) is 0 Å². The van der Waals surface area contributed by atoms with Gasteiger partial charge in [0.25, 0.3) is 0 Å². The lowest BCUT2D eigenvalue weighted by Gasteiger charge is -1.97. The first-order valence-electron chi connectivity index (χ1n) is 6.53. The Labute approximate surface area is 107 Å². The van der Waals surface area contributed by atoms with Crippen LogP contribution in [0.5, 0.6) is 0 Å². The molecule has 1 saturated carbocycles. The Bertz CT molecular complexity index is 545. The molecule has 0 amide bonds. The van der Waals surface area contributed by atoms with Crippen LogP contribution in [-0.2, 0) is 0 Å². The molecule has 3 nitrogen and oxygen atoms in total. The van der Waals surface area contributed by atoms with Crippen LogP contribution in [-0.4, -0.2) is 10.1 Å². The Morgan fingerprint density at radius 1 is 1.22 bits per heavy atom. The molecular weight excluding hydrogens is 224 g/mol. The third-order valence-corrected chi connectivity index (χ3v) is 4.23. The minimum atomic E-state index is 0.301. The lowest BCUT2D eigenvalue weighted by molar-refractivity contribution is 0.367. The van der Waals surface area contributed by atoms with Crippen molar-refractivity contribution in [3.8, 4) is 11.4 Å². The molecule has 94 valence electrons. The molecule has 1 heterocycles. The van der Waals surface area contributed by atoms with Crippen molar-refractivity contribution in [1.82, 2.24) is 10.1 Å². The smallest absolute Gasteiger partial charge is 0.230 e. The summed E-state index contributed by atoms with van der Waals surface area (Å²) in [5.74, 6) is 2.59. The minimum Gasteiger partial charge on any atom is -0.339 e. The predicted molar refractivity (Wildman–Crippen MR) is 70.0 cm³/mol. The fourth-order valence-corrected chi connectivity index (χ4v) is 3.06. The molecule has 3 heteroatoms. The molecule has 0 aliphatic heterocycles. The summed E-state index contributed by atoms with van der Waals surface area (Å²) in [5.41, 5.74) is 1.31. The van der Waals surface area contributed by atoms with Gasteiger partial charge in [0.2, 0.25) is 11.7 Å². The second kappa shape index (κ2) is 3.94.